The van der Waals surface area contributed by atoms with Crippen molar-refractivity contribution in [1.82, 2.24) is 0 Å². The van der Waals surface area contributed by atoms with Crippen molar-refractivity contribution in [1.29, 1.82) is 0 Å². The number of halogens is 2. The van der Waals surface area contributed by atoms with Crippen molar-refractivity contribution < 1.29 is 0 Å². The van der Waals surface area contributed by atoms with Gasteiger partial charge in [0, 0.05) is 4.47 Å². The van der Waals surface area contributed by atoms with Gasteiger partial charge in [-0.25, -0.2) is 0 Å². The minimum atomic E-state index is 0.967. The average Bonchev–Trinajstić information content (AvgIpc) is 2.46. The van der Waals surface area contributed by atoms with E-state index in [9.17, 15) is 0 Å². The van der Waals surface area contributed by atoms with Gasteiger partial charge in [-0.2, -0.15) is 0 Å². The molecule has 0 N–H and O–H groups in total. The average molecular weight is 350 g/mol. The largest absolute Gasteiger partial charge is 0.0790 e. The van der Waals surface area contributed by atoms with Crippen molar-refractivity contribution in [2.45, 2.75) is 6.42 Å². The second-order valence-corrected chi connectivity index (χ2v) is 6.10. The van der Waals surface area contributed by atoms with Gasteiger partial charge in [0.25, 0.3) is 0 Å². The van der Waals surface area contributed by atoms with Crippen molar-refractivity contribution >= 4 is 54.8 Å². The molecule has 0 bridgehead atoms. The molecule has 0 aromatic heterocycles. The molecule has 2 aromatic rings. The summed E-state index contributed by atoms with van der Waals surface area (Å²) in [5.41, 5.74) is 2.56. The van der Waals surface area contributed by atoms with E-state index in [1.807, 2.05) is 0 Å². The van der Waals surface area contributed by atoms with Crippen LogP contribution in [0.1, 0.15) is 17.5 Å². The minimum Gasteiger partial charge on any atom is -0.0790 e. The number of benzene rings is 2. The highest BCUT2D eigenvalue weighted by Gasteiger charge is 2.05. The van der Waals surface area contributed by atoms with Gasteiger partial charge in [0.1, 0.15) is 0 Å². The molecule has 0 saturated heterocycles. The van der Waals surface area contributed by atoms with Crippen molar-refractivity contribution in [3.8, 4) is 0 Å². The monoisotopic (exact) mass is 348 g/mol. The van der Waals surface area contributed by atoms with Gasteiger partial charge in [-0.1, -0.05) is 50.1 Å². The summed E-state index contributed by atoms with van der Waals surface area (Å²) in [4.78, 5) is 0. The van der Waals surface area contributed by atoms with E-state index in [4.69, 9.17) is 0 Å². The molecular formula is C15H10Br2. The maximum Gasteiger partial charge on any atom is 0.0181 e. The van der Waals surface area contributed by atoms with Crippen LogP contribution in [0.2, 0.25) is 0 Å². The SMILES string of the molecule is BrC1=Cc2cc3ccc(Br)cc3cc2C=CC1. The highest BCUT2D eigenvalue weighted by molar-refractivity contribution is 9.11. The highest BCUT2D eigenvalue weighted by atomic mass is 79.9. The van der Waals surface area contributed by atoms with Crippen molar-refractivity contribution in [3.63, 3.8) is 0 Å². The van der Waals surface area contributed by atoms with Crippen LogP contribution in [0.3, 0.4) is 0 Å². The van der Waals surface area contributed by atoms with E-state index < -0.39 is 0 Å². The Bertz CT molecular complexity index is 651. The molecule has 0 unspecified atom stereocenters. The van der Waals surface area contributed by atoms with E-state index in [0.717, 1.165) is 10.9 Å². The molecule has 0 atom stereocenters. The van der Waals surface area contributed by atoms with E-state index in [-0.39, 0.29) is 0 Å². The first-order valence-electron chi connectivity index (χ1n) is 5.48. The molecule has 0 amide bonds. The summed E-state index contributed by atoms with van der Waals surface area (Å²) < 4.78 is 2.35. The summed E-state index contributed by atoms with van der Waals surface area (Å²) in [6.07, 6.45) is 7.56. The fourth-order valence-electron chi connectivity index (χ4n) is 2.10. The second kappa shape index (κ2) is 4.43. The molecule has 84 valence electrons. The van der Waals surface area contributed by atoms with Gasteiger partial charge in [-0.15, -0.1) is 0 Å². The Labute approximate surface area is 117 Å². The Morgan fingerprint density at radius 3 is 2.59 bits per heavy atom. The lowest BCUT2D eigenvalue weighted by atomic mass is 10.0. The predicted molar refractivity (Wildman–Crippen MR) is 82.2 cm³/mol. The standard InChI is InChI=1S/C15H10Br2/c16-14-3-1-2-10-6-13-9-15(17)5-4-11(13)7-12(10)8-14/h1-2,4-9H,3H2. The van der Waals surface area contributed by atoms with E-state index in [2.05, 4.69) is 80.4 Å². The van der Waals surface area contributed by atoms with Crippen LogP contribution in [0.5, 0.6) is 0 Å². The van der Waals surface area contributed by atoms with E-state index in [1.165, 1.54) is 26.4 Å². The zero-order chi connectivity index (χ0) is 11.8. The summed E-state index contributed by atoms with van der Waals surface area (Å²) in [7, 11) is 0. The molecule has 0 nitrogen and oxygen atoms in total. The summed E-state index contributed by atoms with van der Waals surface area (Å²) in [5, 5.41) is 2.55. The lowest BCUT2D eigenvalue weighted by molar-refractivity contribution is 1.41. The van der Waals surface area contributed by atoms with Gasteiger partial charge >= 0.3 is 0 Å². The Morgan fingerprint density at radius 1 is 0.882 bits per heavy atom. The first-order chi connectivity index (χ1) is 8.22. The van der Waals surface area contributed by atoms with Crippen LogP contribution < -0.4 is 0 Å². The summed E-state index contributed by atoms with van der Waals surface area (Å²) in [5.74, 6) is 0. The summed E-state index contributed by atoms with van der Waals surface area (Å²) in [6.45, 7) is 0. The third-order valence-corrected chi connectivity index (χ3v) is 3.97. The molecule has 1 aliphatic rings. The predicted octanol–water partition coefficient (Wildman–Crippen LogP) is 5.76. The zero-order valence-electron chi connectivity index (χ0n) is 9.08. The Hall–Kier alpha value is -0.860. The molecule has 1 aliphatic carbocycles. The molecule has 0 heterocycles. The van der Waals surface area contributed by atoms with Crippen LogP contribution in [-0.4, -0.2) is 0 Å². The molecule has 2 aromatic carbocycles. The second-order valence-electron chi connectivity index (χ2n) is 4.17. The van der Waals surface area contributed by atoms with Crippen LogP contribution in [0, 0.1) is 0 Å². The van der Waals surface area contributed by atoms with Crippen LogP contribution in [0.4, 0.5) is 0 Å². The van der Waals surface area contributed by atoms with Gasteiger partial charge in [0.05, 0.1) is 0 Å². The molecule has 3 rings (SSSR count). The fourth-order valence-corrected chi connectivity index (χ4v) is 2.91. The maximum absolute atomic E-state index is 3.59. The number of hydrogen-bond donors (Lipinski definition) is 0. The highest BCUT2D eigenvalue weighted by Crippen LogP contribution is 2.29. The van der Waals surface area contributed by atoms with Gasteiger partial charge in [-0.05, 0) is 63.1 Å². The van der Waals surface area contributed by atoms with E-state index >= 15 is 0 Å². The third kappa shape index (κ3) is 2.24. The smallest absolute Gasteiger partial charge is 0.0181 e. The van der Waals surface area contributed by atoms with Crippen molar-refractivity contribution in [3.05, 3.63) is 56.5 Å². The molecule has 0 saturated carbocycles. The number of hydrogen-bond acceptors (Lipinski definition) is 0. The summed E-state index contributed by atoms with van der Waals surface area (Å²) >= 11 is 7.10. The molecule has 0 aliphatic heterocycles. The van der Waals surface area contributed by atoms with Gasteiger partial charge in [-0.3, -0.25) is 0 Å². The van der Waals surface area contributed by atoms with Gasteiger partial charge in [0.2, 0.25) is 0 Å². The van der Waals surface area contributed by atoms with Crippen LogP contribution in [0.15, 0.2) is 45.4 Å². The Morgan fingerprint density at radius 2 is 1.71 bits per heavy atom. The first kappa shape index (κ1) is 11.2. The van der Waals surface area contributed by atoms with Crippen LogP contribution in [-0.2, 0) is 0 Å². The van der Waals surface area contributed by atoms with Crippen molar-refractivity contribution in [2.24, 2.45) is 0 Å². The normalized spacial score (nSPS) is 14.4. The summed E-state index contributed by atoms with van der Waals surface area (Å²) in [6, 6.07) is 10.9. The third-order valence-electron chi connectivity index (χ3n) is 2.93. The van der Waals surface area contributed by atoms with Gasteiger partial charge < -0.3 is 0 Å². The maximum atomic E-state index is 3.59. The zero-order valence-corrected chi connectivity index (χ0v) is 12.3. The molecule has 0 radical (unpaired) electrons. The number of fused-ring (bicyclic) bond motifs is 2. The lowest BCUT2D eigenvalue weighted by Gasteiger charge is -2.05. The lowest BCUT2D eigenvalue weighted by Crippen LogP contribution is -1.82. The molecule has 0 spiro atoms. The Balaban J connectivity index is 2.31. The molecule has 0 fully saturated rings. The number of rotatable bonds is 0. The molecule has 17 heavy (non-hydrogen) atoms. The topological polar surface area (TPSA) is 0 Å². The fraction of sp³-hybridized carbons (Fsp3) is 0.0667. The van der Waals surface area contributed by atoms with Crippen molar-refractivity contribution in [2.75, 3.05) is 0 Å². The minimum absolute atomic E-state index is 0.967. The molecule has 2 heteroatoms. The van der Waals surface area contributed by atoms with E-state index in [1.54, 1.807) is 0 Å². The van der Waals surface area contributed by atoms with Crippen LogP contribution >= 0.6 is 31.9 Å². The first-order valence-corrected chi connectivity index (χ1v) is 7.07. The number of allylic oxidation sites excluding steroid dienone is 2. The molecular weight excluding hydrogens is 340 g/mol. The van der Waals surface area contributed by atoms with E-state index in [0.29, 0.717) is 0 Å². The quantitative estimate of drug-likeness (QED) is 0.567. The Kier molecular flexibility index (Phi) is 2.93. The van der Waals surface area contributed by atoms with Crippen LogP contribution in [0.25, 0.3) is 22.9 Å². The van der Waals surface area contributed by atoms with Gasteiger partial charge in [0.15, 0.2) is 0 Å².